The molecule has 6 heteroatoms. The molecular weight excluding hydrogens is 306 g/mol. The summed E-state index contributed by atoms with van der Waals surface area (Å²) in [6, 6.07) is 5.64. The molecule has 1 amide bonds. The predicted octanol–water partition coefficient (Wildman–Crippen LogP) is 3.42. The van der Waals surface area contributed by atoms with Gasteiger partial charge in [-0.3, -0.25) is 9.69 Å². The van der Waals surface area contributed by atoms with Crippen LogP contribution in [0.15, 0.2) is 23.1 Å². The van der Waals surface area contributed by atoms with Crippen molar-refractivity contribution in [3.63, 3.8) is 0 Å². The molecule has 0 spiro atoms. The summed E-state index contributed by atoms with van der Waals surface area (Å²) in [5.74, 6) is 1.45. The molecule has 0 radical (unpaired) electrons. The highest BCUT2D eigenvalue weighted by molar-refractivity contribution is 8.26. The second-order valence-electron chi connectivity index (χ2n) is 4.80. The van der Waals surface area contributed by atoms with Gasteiger partial charge in [0.2, 0.25) is 6.79 Å². The Bertz CT molecular complexity index is 627. The molecule has 3 rings (SSSR count). The predicted molar refractivity (Wildman–Crippen MR) is 87.4 cm³/mol. The molecule has 2 aliphatic rings. The number of fused-ring (bicyclic) bond motifs is 1. The number of benzene rings is 1. The van der Waals surface area contributed by atoms with E-state index >= 15 is 0 Å². The molecule has 110 valence electrons. The summed E-state index contributed by atoms with van der Waals surface area (Å²) >= 11 is 6.64. The van der Waals surface area contributed by atoms with Crippen LogP contribution in [0.3, 0.4) is 0 Å². The average molecular weight is 321 g/mol. The fraction of sp³-hybridized carbons (Fsp3) is 0.333. The molecule has 2 heterocycles. The van der Waals surface area contributed by atoms with Crippen LogP contribution in [0.5, 0.6) is 11.5 Å². The van der Waals surface area contributed by atoms with Gasteiger partial charge in [0, 0.05) is 6.54 Å². The minimum absolute atomic E-state index is 0.00360. The molecule has 0 bridgehead atoms. The lowest BCUT2D eigenvalue weighted by Gasteiger charge is -2.12. The summed E-state index contributed by atoms with van der Waals surface area (Å²) in [5, 5.41) is 0. The summed E-state index contributed by atoms with van der Waals surface area (Å²) in [5.41, 5.74) is 0.912. The van der Waals surface area contributed by atoms with E-state index in [-0.39, 0.29) is 12.7 Å². The van der Waals surface area contributed by atoms with Gasteiger partial charge >= 0.3 is 0 Å². The van der Waals surface area contributed by atoms with Gasteiger partial charge in [-0.05, 0) is 30.2 Å². The highest BCUT2D eigenvalue weighted by atomic mass is 32.2. The minimum Gasteiger partial charge on any atom is -0.454 e. The van der Waals surface area contributed by atoms with Crippen LogP contribution in [-0.2, 0) is 4.79 Å². The molecule has 0 aromatic heterocycles. The highest BCUT2D eigenvalue weighted by Crippen LogP contribution is 2.36. The van der Waals surface area contributed by atoms with E-state index < -0.39 is 0 Å². The quantitative estimate of drug-likeness (QED) is 0.627. The van der Waals surface area contributed by atoms with Crippen molar-refractivity contribution in [2.24, 2.45) is 0 Å². The normalized spacial score (nSPS) is 18.9. The van der Waals surface area contributed by atoms with Crippen LogP contribution in [0.1, 0.15) is 25.3 Å². The highest BCUT2D eigenvalue weighted by Gasteiger charge is 2.31. The topological polar surface area (TPSA) is 38.8 Å². The third-order valence-corrected chi connectivity index (χ3v) is 4.68. The second-order valence-corrected chi connectivity index (χ2v) is 6.48. The third-order valence-electron chi connectivity index (χ3n) is 3.30. The molecule has 0 N–H and O–H groups in total. The van der Waals surface area contributed by atoms with Crippen LogP contribution in [0.4, 0.5) is 0 Å². The first-order valence-electron chi connectivity index (χ1n) is 6.84. The van der Waals surface area contributed by atoms with Crippen LogP contribution >= 0.6 is 24.0 Å². The maximum Gasteiger partial charge on any atom is 0.266 e. The van der Waals surface area contributed by atoms with Gasteiger partial charge in [0.25, 0.3) is 5.91 Å². The number of unbranched alkanes of at least 4 members (excludes halogenated alkanes) is 1. The zero-order chi connectivity index (χ0) is 14.8. The first-order valence-corrected chi connectivity index (χ1v) is 8.06. The summed E-state index contributed by atoms with van der Waals surface area (Å²) < 4.78 is 11.3. The lowest BCUT2D eigenvalue weighted by atomic mass is 10.2. The van der Waals surface area contributed by atoms with Gasteiger partial charge in [0.05, 0.1) is 4.91 Å². The molecule has 2 aliphatic heterocycles. The van der Waals surface area contributed by atoms with Crippen molar-refractivity contribution in [1.82, 2.24) is 4.90 Å². The monoisotopic (exact) mass is 321 g/mol. The molecule has 1 aromatic carbocycles. The summed E-state index contributed by atoms with van der Waals surface area (Å²) in [7, 11) is 0. The van der Waals surface area contributed by atoms with E-state index in [1.165, 1.54) is 11.8 Å². The molecule has 4 nitrogen and oxygen atoms in total. The maximum absolute atomic E-state index is 12.4. The molecule has 0 unspecified atom stereocenters. The number of ether oxygens (including phenoxy) is 2. The number of rotatable bonds is 4. The van der Waals surface area contributed by atoms with E-state index in [9.17, 15) is 4.79 Å². The number of hydrogen-bond acceptors (Lipinski definition) is 5. The van der Waals surface area contributed by atoms with Crippen LogP contribution in [0, 0.1) is 0 Å². The number of nitrogens with zero attached hydrogens (tertiary/aromatic N) is 1. The lowest BCUT2D eigenvalue weighted by Crippen LogP contribution is -2.28. The van der Waals surface area contributed by atoms with Crippen molar-refractivity contribution in [1.29, 1.82) is 0 Å². The largest absolute Gasteiger partial charge is 0.454 e. The van der Waals surface area contributed by atoms with E-state index in [1.807, 2.05) is 24.3 Å². The van der Waals surface area contributed by atoms with Crippen LogP contribution in [-0.4, -0.2) is 28.5 Å². The van der Waals surface area contributed by atoms with Gasteiger partial charge in [-0.2, -0.15) is 0 Å². The molecule has 1 fully saturated rings. The fourth-order valence-electron chi connectivity index (χ4n) is 2.16. The molecule has 1 aromatic rings. The SMILES string of the molecule is CCCCN1C(=O)/C(=C/c2ccc3c(c2)OCO3)SC1=S. The van der Waals surface area contributed by atoms with Crippen molar-refractivity contribution >= 4 is 40.3 Å². The Balaban J connectivity index is 1.80. The Kier molecular flexibility index (Phi) is 4.17. The fourth-order valence-corrected chi connectivity index (χ4v) is 3.47. The summed E-state index contributed by atoms with van der Waals surface area (Å²) in [6.45, 7) is 3.04. The van der Waals surface area contributed by atoms with Gasteiger partial charge < -0.3 is 9.47 Å². The number of hydrogen-bond donors (Lipinski definition) is 0. The molecule has 1 saturated heterocycles. The van der Waals surface area contributed by atoms with E-state index in [0.29, 0.717) is 21.5 Å². The maximum atomic E-state index is 12.4. The Morgan fingerprint density at radius 1 is 1.38 bits per heavy atom. The lowest BCUT2D eigenvalue weighted by molar-refractivity contribution is -0.122. The minimum atomic E-state index is -0.00360. The van der Waals surface area contributed by atoms with E-state index in [2.05, 4.69) is 6.92 Å². The van der Waals surface area contributed by atoms with Gasteiger partial charge in [0.1, 0.15) is 4.32 Å². The first kappa shape index (κ1) is 14.4. The van der Waals surface area contributed by atoms with Gasteiger partial charge in [0.15, 0.2) is 11.5 Å². The average Bonchev–Trinajstić information content (AvgIpc) is 3.03. The summed E-state index contributed by atoms with van der Waals surface area (Å²) in [4.78, 5) is 14.7. The van der Waals surface area contributed by atoms with Crippen molar-refractivity contribution in [3.05, 3.63) is 28.7 Å². The zero-order valence-corrected chi connectivity index (χ0v) is 13.3. The van der Waals surface area contributed by atoms with E-state index in [1.54, 1.807) is 4.90 Å². The van der Waals surface area contributed by atoms with Crippen LogP contribution in [0.25, 0.3) is 6.08 Å². The number of thiocarbonyl (C=S) groups is 1. The Labute approximate surface area is 133 Å². The number of carbonyl (C=O) groups is 1. The zero-order valence-electron chi connectivity index (χ0n) is 11.6. The standard InChI is InChI=1S/C15H15NO3S2/c1-2-3-6-16-14(17)13(21-15(16)20)8-10-4-5-11-12(7-10)19-9-18-11/h4-5,7-8H,2-3,6,9H2,1H3/b13-8-. The van der Waals surface area contributed by atoms with Crippen molar-refractivity contribution < 1.29 is 14.3 Å². The first-order chi connectivity index (χ1) is 10.2. The van der Waals surface area contributed by atoms with Crippen molar-refractivity contribution in [3.8, 4) is 11.5 Å². The van der Waals surface area contributed by atoms with Crippen LogP contribution in [0.2, 0.25) is 0 Å². The van der Waals surface area contributed by atoms with Crippen molar-refractivity contribution in [2.75, 3.05) is 13.3 Å². The molecule has 0 atom stereocenters. The third kappa shape index (κ3) is 2.91. The molecule has 0 saturated carbocycles. The summed E-state index contributed by atoms with van der Waals surface area (Å²) in [6.07, 6.45) is 3.86. The van der Waals surface area contributed by atoms with Gasteiger partial charge in [-0.15, -0.1) is 0 Å². The second kappa shape index (κ2) is 6.07. The Morgan fingerprint density at radius 2 is 2.19 bits per heavy atom. The van der Waals surface area contributed by atoms with Gasteiger partial charge in [-0.25, -0.2) is 0 Å². The molecular formula is C15H15NO3S2. The number of carbonyl (C=O) groups excluding carboxylic acids is 1. The number of thioether (sulfide) groups is 1. The Morgan fingerprint density at radius 3 is 3.00 bits per heavy atom. The van der Waals surface area contributed by atoms with Crippen LogP contribution < -0.4 is 9.47 Å². The van der Waals surface area contributed by atoms with E-state index in [0.717, 1.165) is 24.2 Å². The van der Waals surface area contributed by atoms with Crippen molar-refractivity contribution in [2.45, 2.75) is 19.8 Å². The number of amides is 1. The smallest absolute Gasteiger partial charge is 0.266 e. The van der Waals surface area contributed by atoms with Gasteiger partial charge in [-0.1, -0.05) is 43.4 Å². The molecule has 21 heavy (non-hydrogen) atoms. The Hall–Kier alpha value is -1.53. The molecule has 0 aliphatic carbocycles. The van der Waals surface area contributed by atoms with E-state index in [4.69, 9.17) is 21.7 Å².